The molecule has 0 radical (unpaired) electrons. The van der Waals surface area contributed by atoms with Crippen LogP contribution in [-0.2, 0) is 28.6 Å². The van der Waals surface area contributed by atoms with Crippen molar-refractivity contribution in [1.82, 2.24) is 0 Å². The monoisotopic (exact) mass is 803 g/mol. The Morgan fingerprint density at radius 3 is 1.38 bits per heavy atom. The maximum Gasteiger partial charge on any atom is 0.306 e. The first-order valence-corrected chi connectivity index (χ1v) is 23.0. The van der Waals surface area contributed by atoms with Crippen molar-refractivity contribution in [2.75, 3.05) is 13.2 Å². The molecule has 0 fully saturated rings. The molecule has 0 rings (SSSR count). The summed E-state index contributed by atoms with van der Waals surface area (Å²) in [6.07, 6.45) is 60.9. The highest BCUT2D eigenvalue weighted by atomic mass is 16.6. The molecule has 0 aliphatic rings. The van der Waals surface area contributed by atoms with E-state index in [1.54, 1.807) is 0 Å². The molecule has 0 N–H and O–H groups in total. The van der Waals surface area contributed by atoms with E-state index in [0.717, 1.165) is 64.2 Å². The number of ether oxygens (including phenoxy) is 3. The van der Waals surface area contributed by atoms with Crippen molar-refractivity contribution in [3.63, 3.8) is 0 Å². The second kappa shape index (κ2) is 45.8. The topological polar surface area (TPSA) is 78.9 Å². The quantitative estimate of drug-likeness (QED) is 0.0202. The molecular weight excluding hydrogens is 721 g/mol. The van der Waals surface area contributed by atoms with Crippen LogP contribution >= 0.6 is 0 Å². The molecule has 6 heteroatoms. The van der Waals surface area contributed by atoms with Gasteiger partial charge in [0.15, 0.2) is 6.10 Å². The number of esters is 3. The predicted octanol–water partition coefficient (Wildman–Crippen LogP) is 14.8. The maximum atomic E-state index is 12.7. The molecule has 0 aliphatic carbocycles. The third-order valence-electron chi connectivity index (χ3n) is 9.13. The van der Waals surface area contributed by atoms with E-state index in [-0.39, 0.29) is 38.0 Å². The van der Waals surface area contributed by atoms with Gasteiger partial charge in [0.25, 0.3) is 0 Å². The van der Waals surface area contributed by atoms with E-state index in [4.69, 9.17) is 14.2 Å². The minimum atomic E-state index is -0.841. The zero-order valence-corrected chi connectivity index (χ0v) is 37.0. The lowest BCUT2D eigenvalue weighted by atomic mass is 10.1. The standard InChI is InChI=1S/C52H82O6/c1-4-7-10-13-16-19-22-25-28-30-33-36-39-42-45-51(54)57-48-49(58-52(55)46-43-40-37-34-31-27-24-21-18-15-12-9-6-3)47-56-50(53)44-41-38-35-32-29-26-23-20-17-14-11-8-5-2/h7,9-10,12,15-16,18-19,21,24,26-27,29,31,34-35,37-38,49H,4-6,8,11,13-14,17,20,22-23,25,28,30,32-33,36,39-48H2,1-3H3/b10-7+,12-9+,18-15+,19-16+,24-21+,29-26+,31-27+,37-34+,38-35+. The lowest BCUT2D eigenvalue weighted by molar-refractivity contribution is -0.166. The lowest BCUT2D eigenvalue weighted by Crippen LogP contribution is -2.30. The Balaban J connectivity index is 4.59. The Labute approximate surface area is 355 Å². The molecule has 0 amide bonds. The van der Waals surface area contributed by atoms with Crippen LogP contribution in [0.2, 0.25) is 0 Å². The Morgan fingerprint density at radius 1 is 0.379 bits per heavy atom. The third-order valence-corrected chi connectivity index (χ3v) is 9.13. The molecule has 1 atom stereocenters. The Morgan fingerprint density at radius 2 is 0.810 bits per heavy atom. The molecule has 0 saturated heterocycles. The van der Waals surface area contributed by atoms with Gasteiger partial charge in [0.05, 0.1) is 0 Å². The summed E-state index contributed by atoms with van der Waals surface area (Å²) < 4.78 is 16.6. The summed E-state index contributed by atoms with van der Waals surface area (Å²) in [7, 11) is 0. The molecule has 0 bridgehead atoms. The normalized spacial score (nSPS) is 13.1. The summed E-state index contributed by atoms with van der Waals surface area (Å²) in [5.74, 6) is -1.10. The number of carbonyl (C=O) groups excluding carboxylic acids is 3. The lowest BCUT2D eigenvalue weighted by Gasteiger charge is -2.18. The summed E-state index contributed by atoms with van der Waals surface area (Å²) in [6, 6.07) is 0. The van der Waals surface area contributed by atoms with Gasteiger partial charge in [0, 0.05) is 19.3 Å². The van der Waals surface area contributed by atoms with Crippen molar-refractivity contribution in [2.45, 2.75) is 187 Å². The van der Waals surface area contributed by atoms with Gasteiger partial charge >= 0.3 is 17.9 Å². The van der Waals surface area contributed by atoms with Gasteiger partial charge in [-0.1, -0.05) is 194 Å². The van der Waals surface area contributed by atoms with E-state index in [0.29, 0.717) is 19.3 Å². The highest BCUT2D eigenvalue weighted by molar-refractivity contribution is 5.71. The Hall–Kier alpha value is -3.93. The fourth-order valence-electron chi connectivity index (χ4n) is 5.74. The number of hydrogen-bond acceptors (Lipinski definition) is 6. The molecule has 0 aromatic carbocycles. The van der Waals surface area contributed by atoms with Crippen LogP contribution in [0.25, 0.3) is 0 Å². The highest BCUT2D eigenvalue weighted by Crippen LogP contribution is 2.12. The number of unbranched alkanes of at least 4 members (excludes halogenated alkanes) is 14. The Bertz CT molecular complexity index is 1240. The first-order valence-electron chi connectivity index (χ1n) is 23.0. The van der Waals surface area contributed by atoms with E-state index < -0.39 is 12.1 Å². The molecule has 58 heavy (non-hydrogen) atoms. The first-order chi connectivity index (χ1) is 28.5. The van der Waals surface area contributed by atoms with Gasteiger partial charge in [0.1, 0.15) is 13.2 Å². The van der Waals surface area contributed by atoms with Crippen molar-refractivity contribution in [3.05, 3.63) is 109 Å². The second-order valence-electron chi connectivity index (χ2n) is 14.7. The zero-order chi connectivity index (χ0) is 42.3. The molecule has 0 spiro atoms. The van der Waals surface area contributed by atoms with Gasteiger partial charge in [-0.05, 0) is 77.0 Å². The van der Waals surface area contributed by atoms with Gasteiger partial charge in [-0.2, -0.15) is 0 Å². The fourth-order valence-corrected chi connectivity index (χ4v) is 5.74. The largest absolute Gasteiger partial charge is 0.462 e. The van der Waals surface area contributed by atoms with Crippen LogP contribution < -0.4 is 0 Å². The van der Waals surface area contributed by atoms with E-state index in [1.165, 1.54) is 64.2 Å². The molecule has 326 valence electrons. The predicted molar refractivity (Wildman–Crippen MR) is 247 cm³/mol. The summed E-state index contributed by atoms with van der Waals surface area (Å²) in [5.41, 5.74) is 0. The van der Waals surface area contributed by atoms with Gasteiger partial charge in [-0.15, -0.1) is 0 Å². The molecular formula is C52H82O6. The van der Waals surface area contributed by atoms with E-state index in [1.807, 2.05) is 60.8 Å². The molecule has 0 heterocycles. The molecule has 0 aliphatic heterocycles. The van der Waals surface area contributed by atoms with Crippen molar-refractivity contribution in [2.24, 2.45) is 0 Å². The van der Waals surface area contributed by atoms with Crippen molar-refractivity contribution in [3.8, 4) is 0 Å². The summed E-state index contributed by atoms with van der Waals surface area (Å²) in [5, 5.41) is 0. The average Bonchev–Trinajstić information content (AvgIpc) is 3.22. The number of carbonyl (C=O) groups is 3. The van der Waals surface area contributed by atoms with Crippen molar-refractivity contribution < 1.29 is 28.6 Å². The van der Waals surface area contributed by atoms with Crippen LogP contribution in [0.4, 0.5) is 0 Å². The Kier molecular flexibility index (Phi) is 42.7. The molecule has 0 aromatic rings. The second-order valence-corrected chi connectivity index (χ2v) is 14.7. The van der Waals surface area contributed by atoms with Crippen LogP contribution in [0.1, 0.15) is 181 Å². The average molecular weight is 803 g/mol. The molecule has 1 unspecified atom stereocenters. The number of allylic oxidation sites excluding steroid dienone is 18. The van der Waals surface area contributed by atoms with Crippen LogP contribution in [0, 0.1) is 0 Å². The summed E-state index contributed by atoms with van der Waals surface area (Å²) in [4.78, 5) is 37.7. The van der Waals surface area contributed by atoms with Crippen molar-refractivity contribution >= 4 is 17.9 Å². The third kappa shape index (κ3) is 43.2. The zero-order valence-electron chi connectivity index (χ0n) is 37.0. The van der Waals surface area contributed by atoms with Crippen LogP contribution in [0.15, 0.2) is 109 Å². The highest BCUT2D eigenvalue weighted by Gasteiger charge is 2.19. The molecule has 6 nitrogen and oxygen atoms in total. The number of hydrogen-bond donors (Lipinski definition) is 0. The maximum absolute atomic E-state index is 12.7. The SMILES string of the molecule is CC/C=C/C=C/C=C/C=C/C=C/CCCC(=O)OC(COC(=O)CC/C=C/C/C=C/CCCCCCCC)COC(=O)CCCCCCCCC/C=C/C/C=C/CC. The summed E-state index contributed by atoms with van der Waals surface area (Å²) >= 11 is 0. The van der Waals surface area contributed by atoms with E-state index in [2.05, 4.69) is 69.4 Å². The van der Waals surface area contributed by atoms with Gasteiger partial charge in [-0.25, -0.2) is 0 Å². The first kappa shape index (κ1) is 54.1. The van der Waals surface area contributed by atoms with Crippen molar-refractivity contribution in [1.29, 1.82) is 0 Å². The minimum Gasteiger partial charge on any atom is -0.462 e. The summed E-state index contributed by atoms with van der Waals surface area (Å²) in [6.45, 7) is 6.22. The van der Waals surface area contributed by atoms with Crippen LogP contribution in [0.3, 0.4) is 0 Å². The van der Waals surface area contributed by atoms with E-state index in [9.17, 15) is 14.4 Å². The van der Waals surface area contributed by atoms with Gasteiger partial charge in [0.2, 0.25) is 0 Å². The van der Waals surface area contributed by atoms with Gasteiger partial charge < -0.3 is 14.2 Å². The smallest absolute Gasteiger partial charge is 0.306 e. The van der Waals surface area contributed by atoms with E-state index >= 15 is 0 Å². The van der Waals surface area contributed by atoms with Gasteiger partial charge in [-0.3, -0.25) is 14.4 Å². The molecule has 0 aromatic heterocycles. The number of rotatable bonds is 39. The van der Waals surface area contributed by atoms with Crippen LogP contribution in [-0.4, -0.2) is 37.2 Å². The molecule has 0 saturated carbocycles. The van der Waals surface area contributed by atoms with Crippen LogP contribution in [0.5, 0.6) is 0 Å². The fraction of sp³-hybridized carbons (Fsp3) is 0.596. The minimum absolute atomic E-state index is 0.130.